The molecule has 13 heteroatoms. The third kappa shape index (κ3) is 5.80. The molecule has 4 heterocycles. The molecule has 2 aliphatic heterocycles. The molecule has 6 rings (SSSR count). The lowest BCUT2D eigenvalue weighted by Crippen LogP contribution is -2.40. The number of hydrogen-bond acceptors (Lipinski definition) is 7. The molecule has 3 aromatic rings. The Labute approximate surface area is 255 Å². The van der Waals surface area contributed by atoms with Crippen LogP contribution in [0.4, 0.5) is 13.2 Å². The van der Waals surface area contributed by atoms with Crippen molar-refractivity contribution < 1.29 is 32.6 Å². The average Bonchev–Trinajstić information content (AvgIpc) is 3.74. The summed E-state index contributed by atoms with van der Waals surface area (Å²) in [6, 6.07) is 6.08. The van der Waals surface area contributed by atoms with E-state index in [4.69, 9.17) is 9.72 Å². The van der Waals surface area contributed by atoms with Crippen LogP contribution >= 0.6 is 11.3 Å². The largest absolute Gasteiger partial charge is 0.416 e. The van der Waals surface area contributed by atoms with E-state index in [0.29, 0.717) is 48.7 Å². The van der Waals surface area contributed by atoms with Crippen LogP contribution in [0.5, 0.6) is 0 Å². The molecule has 0 spiro atoms. The van der Waals surface area contributed by atoms with Gasteiger partial charge in [-0.1, -0.05) is 12.1 Å². The standard InChI is InChI=1S/C31H33F3N4O5S/c1-37(21-7-12-43-13-8-21)27(41)19-15-24(44-17-19)30(9-10-30)29-35-23-6-3-11-38(16-22(23)26(40)36-29)28(42)25(39)18-4-2-5-20(14-18)31(32,33)34/h2,4-5,14-15,17,21,25,39H,3,6-13,16H2,1H3,(H,35,36,40)/t25-/m1/s1. The number of ether oxygens (including phenoxy) is 1. The second-order valence-electron chi connectivity index (χ2n) is 11.8. The minimum absolute atomic E-state index is 0.0457. The number of nitrogens with zero attached hydrogens (tertiary/aromatic N) is 3. The number of hydrogen-bond donors (Lipinski definition) is 2. The number of carbonyl (C=O) groups is 2. The number of aliphatic hydroxyl groups is 1. The number of rotatable bonds is 6. The molecule has 2 aromatic heterocycles. The van der Waals surface area contributed by atoms with Gasteiger partial charge in [-0.05, 0) is 62.3 Å². The van der Waals surface area contributed by atoms with Crippen molar-refractivity contribution in [2.24, 2.45) is 0 Å². The Balaban J connectivity index is 1.20. The van der Waals surface area contributed by atoms with E-state index < -0.39 is 34.7 Å². The van der Waals surface area contributed by atoms with Crippen LogP contribution in [0.15, 0.2) is 40.5 Å². The summed E-state index contributed by atoms with van der Waals surface area (Å²) in [7, 11) is 1.82. The molecule has 234 valence electrons. The molecule has 2 fully saturated rings. The van der Waals surface area contributed by atoms with Crippen molar-refractivity contribution >= 4 is 23.2 Å². The molecular formula is C31H33F3N4O5S. The number of benzene rings is 1. The van der Waals surface area contributed by atoms with Crippen molar-refractivity contribution in [3.05, 3.63) is 84.7 Å². The Bertz CT molecular complexity index is 1630. The second kappa shape index (κ2) is 11.8. The molecule has 1 aliphatic carbocycles. The summed E-state index contributed by atoms with van der Waals surface area (Å²) in [6.07, 6.45) is -2.38. The number of fused-ring (bicyclic) bond motifs is 1. The molecule has 2 amide bonds. The van der Waals surface area contributed by atoms with Crippen LogP contribution in [-0.4, -0.2) is 69.5 Å². The van der Waals surface area contributed by atoms with Gasteiger partial charge in [0.15, 0.2) is 6.10 Å². The number of aliphatic hydroxyl groups excluding tert-OH is 1. The molecule has 1 atom stereocenters. The van der Waals surface area contributed by atoms with Gasteiger partial charge in [-0.25, -0.2) is 4.98 Å². The third-order valence-corrected chi connectivity index (χ3v) is 10.1. The van der Waals surface area contributed by atoms with E-state index in [-0.39, 0.29) is 30.6 Å². The number of nitrogens with one attached hydrogen (secondary N) is 1. The summed E-state index contributed by atoms with van der Waals surface area (Å²) in [4.78, 5) is 51.6. The van der Waals surface area contributed by atoms with Crippen molar-refractivity contribution in [1.29, 1.82) is 0 Å². The molecule has 9 nitrogen and oxygen atoms in total. The molecule has 1 saturated carbocycles. The molecule has 1 aromatic carbocycles. The first-order valence-electron chi connectivity index (χ1n) is 14.7. The van der Waals surface area contributed by atoms with E-state index in [2.05, 4.69) is 4.98 Å². The maximum atomic E-state index is 13.4. The first-order valence-corrected chi connectivity index (χ1v) is 15.6. The highest BCUT2D eigenvalue weighted by atomic mass is 32.1. The lowest BCUT2D eigenvalue weighted by molar-refractivity contribution is -0.142. The molecule has 0 unspecified atom stereocenters. The Hall–Kier alpha value is -3.55. The highest BCUT2D eigenvalue weighted by Gasteiger charge is 2.50. The highest BCUT2D eigenvalue weighted by Crippen LogP contribution is 2.54. The van der Waals surface area contributed by atoms with E-state index in [9.17, 15) is 32.7 Å². The fourth-order valence-corrected chi connectivity index (χ4v) is 7.25. The van der Waals surface area contributed by atoms with Gasteiger partial charge in [-0.15, -0.1) is 11.3 Å². The zero-order valence-corrected chi connectivity index (χ0v) is 25.0. The Morgan fingerprint density at radius 2 is 1.98 bits per heavy atom. The van der Waals surface area contributed by atoms with Crippen LogP contribution in [-0.2, 0) is 34.1 Å². The lowest BCUT2D eigenvalue weighted by atomic mass is 10.0. The van der Waals surface area contributed by atoms with Crippen LogP contribution in [0.2, 0.25) is 0 Å². The predicted molar refractivity (Wildman–Crippen MR) is 155 cm³/mol. The summed E-state index contributed by atoms with van der Waals surface area (Å²) in [5.41, 5.74) is -0.542. The van der Waals surface area contributed by atoms with E-state index in [1.807, 2.05) is 18.5 Å². The second-order valence-corrected chi connectivity index (χ2v) is 12.7. The van der Waals surface area contributed by atoms with Crippen molar-refractivity contribution in [3.8, 4) is 0 Å². The molecule has 2 N–H and O–H groups in total. The monoisotopic (exact) mass is 630 g/mol. The number of alkyl halides is 3. The number of amides is 2. The van der Waals surface area contributed by atoms with Gasteiger partial charge < -0.3 is 24.6 Å². The van der Waals surface area contributed by atoms with E-state index in [1.165, 1.54) is 22.3 Å². The van der Waals surface area contributed by atoms with Crippen LogP contribution < -0.4 is 5.56 Å². The van der Waals surface area contributed by atoms with Gasteiger partial charge in [0.1, 0.15) is 5.82 Å². The molecule has 44 heavy (non-hydrogen) atoms. The summed E-state index contributed by atoms with van der Waals surface area (Å²) < 4.78 is 45.0. The quantitative estimate of drug-likeness (QED) is 0.422. The summed E-state index contributed by atoms with van der Waals surface area (Å²) in [6.45, 7) is 1.37. The van der Waals surface area contributed by atoms with Gasteiger partial charge in [0.2, 0.25) is 0 Å². The SMILES string of the molecule is CN(C(=O)c1csc(C2(c3nc4c(c(=O)[nH]3)CN(C(=O)[C@H](O)c3cccc(C(F)(F)F)c3)CCC4)CC2)c1)C1CCOCC1. The number of H-pyrrole nitrogens is 1. The Morgan fingerprint density at radius 1 is 1.23 bits per heavy atom. The minimum atomic E-state index is -4.61. The van der Waals surface area contributed by atoms with Crippen LogP contribution in [0.25, 0.3) is 0 Å². The summed E-state index contributed by atoms with van der Waals surface area (Å²) in [5, 5.41) is 12.5. The van der Waals surface area contributed by atoms with E-state index in [1.54, 1.807) is 4.90 Å². The highest BCUT2D eigenvalue weighted by molar-refractivity contribution is 7.10. The van der Waals surface area contributed by atoms with Crippen LogP contribution in [0.1, 0.15) is 81.7 Å². The molecule has 0 radical (unpaired) electrons. The number of carbonyl (C=O) groups excluding carboxylic acids is 2. The van der Waals surface area contributed by atoms with Gasteiger partial charge >= 0.3 is 6.18 Å². The third-order valence-electron chi connectivity index (χ3n) is 8.95. The molecule has 3 aliphatic rings. The van der Waals surface area contributed by atoms with Crippen LogP contribution in [0, 0.1) is 0 Å². The fraction of sp³-hybridized carbons (Fsp3) is 0.484. The topological polar surface area (TPSA) is 116 Å². The normalized spacial score (nSPS) is 19.2. The molecule has 0 bridgehead atoms. The smallest absolute Gasteiger partial charge is 0.381 e. The van der Waals surface area contributed by atoms with Gasteiger partial charge in [-0.3, -0.25) is 14.4 Å². The maximum Gasteiger partial charge on any atom is 0.416 e. The van der Waals surface area contributed by atoms with Crippen molar-refractivity contribution in [2.75, 3.05) is 26.8 Å². The maximum absolute atomic E-state index is 13.4. The van der Waals surface area contributed by atoms with Gasteiger partial charge in [0.25, 0.3) is 17.4 Å². The summed E-state index contributed by atoms with van der Waals surface area (Å²) in [5.74, 6) is -0.292. The van der Waals surface area contributed by atoms with E-state index >= 15 is 0 Å². The fourth-order valence-electron chi connectivity index (χ4n) is 6.10. The van der Waals surface area contributed by atoms with E-state index in [0.717, 1.165) is 48.8 Å². The first-order chi connectivity index (χ1) is 21.0. The zero-order valence-electron chi connectivity index (χ0n) is 24.2. The van der Waals surface area contributed by atoms with Gasteiger partial charge in [0.05, 0.1) is 34.3 Å². The first kappa shape index (κ1) is 30.5. The summed E-state index contributed by atoms with van der Waals surface area (Å²) >= 11 is 1.48. The number of aryl methyl sites for hydroxylation is 1. The van der Waals surface area contributed by atoms with Crippen molar-refractivity contribution in [1.82, 2.24) is 19.8 Å². The van der Waals surface area contributed by atoms with Crippen LogP contribution in [0.3, 0.4) is 0 Å². The van der Waals surface area contributed by atoms with Gasteiger partial charge in [-0.2, -0.15) is 13.2 Å². The number of thiophene rings is 1. The number of aromatic nitrogens is 2. The van der Waals surface area contributed by atoms with Crippen molar-refractivity contribution in [3.63, 3.8) is 0 Å². The molecule has 1 saturated heterocycles. The number of halogens is 3. The van der Waals surface area contributed by atoms with Gasteiger partial charge in [0, 0.05) is 43.1 Å². The number of aromatic amines is 1. The van der Waals surface area contributed by atoms with Crippen molar-refractivity contribution in [2.45, 2.75) is 68.8 Å². The Morgan fingerprint density at radius 3 is 2.68 bits per heavy atom. The minimum Gasteiger partial charge on any atom is -0.381 e. The Kier molecular flexibility index (Phi) is 8.14. The lowest BCUT2D eigenvalue weighted by Gasteiger charge is -2.31. The predicted octanol–water partition coefficient (Wildman–Crippen LogP) is 4.19. The molecular weight excluding hydrogens is 597 g/mol. The zero-order chi connectivity index (χ0) is 31.2. The average molecular weight is 631 g/mol.